The number of nitrogens with zero attached hydrogens (tertiary/aromatic N) is 1. The highest BCUT2D eigenvalue weighted by Crippen LogP contribution is 2.21. The first-order valence-corrected chi connectivity index (χ1v) is 12.7. The zero-order valence-electron chi connectivity index (χ0n) is 20.9. The summed E-state index contributed by atoms with van der Waals surface area (Å²) in [4.78, 5) is 0. The molecule has 0 atom stereocenters. The van der Waals surface area contributed by atoms with Crippen LogP contribution in [0.25, 0.3) is 46.6 Å². The van der Waals surface area contributed by atoms with Crippen molar-refractivity contribution in [3.8, 4) is 22.3 Å². The van der Waals surface area contributed by atoms with Gasteiger partial charge in [0.05, 0.1) is 6.54 Å². The van der Waals surface area contributed by atoms with Gasteiger partial charge in [0.15, 0.2) is 6.54 Å². The Balaban J connectivity index is 1.35. The highest BCUT2D eigenvalue weighted by molar-refractivity contribution is 5.72. The molecule has 1 heterocycles. The third-order valence-corrected chi connectivity index (χ3v) is 6.44. The molecule has 0 spiro atoms. The van der Waals surface area contributed by atoms with Crippen LogP contribution in [0.2, 0.25) is 0 Å². The van der Waals surface area contributed by atoms with Gasteiger partial charge < -0.3 is 5.73 Å². The number of aromatic nitrogens is 1. The molecule has 0 aliphatic heterocycles. The van der Waals surface area contributed by atoms with E-state index >= 15 is 0 Å². The molecule has 37 heavy (non-hydrogen) atoms. The lowest BCUT2D eigenvalue weighted by Gasteiger charge is -2.05. The highest BCUT2D eigenvalue weighted by atomic mass is 15.0. The molecule has 180 valence electrons. The van der Waals surface area contributed by atoms with Gasteiger partial charge in [-0.25, -0.2) is 0 Å². The molecule has 2 N–H and O–H groups in total. The summed E-state index contributed by atoms with van der Waals surface area (Å²) in [5, 5.41) is 0. The molecule has 4 aromatic carbocycles. The van der Waals surface area contributed by atoms with Crippen molar-refractivity contribution in [1.82, 2.24) is 0 Å². The predicted octanol–water partition coefficient (Wildman–Crippen LogP) is 7.61. The first-order valence-electron chi connectivity index (χ1n) is 12.7. The summed E-state index contributed by atoms with van der Waals surface area (Å²) >= 11 is 0. The van der Waals surface area contributed by atoms with Crippen LogP contribution in [0.15, 0.2) is 127 Å². The second kappa shape index (κ2) is 11.9. The quantitative estimate of drug-likeness (QED) is 0.228. The molecule has 0 amide bonds. The minimum Gasteiger partial charge on any atom is -0.325 e. The molecule has 0 radical (unpaired) electrons. The molecule has 0 aliphatic rings. The van der Waals surface area contributed by atoms with Crippen LogP contribution in [0.5, 0.6) is 0 Å². The first-order chi connectivity index (χ1) is 18.3. The summed E-state index contributed by atoms with van der Waals surface area (Å²) in [6, 6.07) is 44.6. The fraction of sp³-hybridized carbons (Fsp3) is 0.0571. The Morgan fingerprint density at radius 2 is 0.838 bits per heavy atom. The lowest BCUT2D eigenvalue weighted by atomic mass is 10.0. The van der Waals surface area contributed by atoms with Gasteiger partial charge in [-0.1, -0.05) is 109 Å². The van der Waals surface area contributed by atoms with Crippen LogP contribution in [0, 0.1) is 0 Å². The number of hydrogen-bond donors (Lipinski definition) is 1. The van der Waals surface area contributed by atoms with Gasteiger partial charge in [0.25, 0.3) is 0 Å². The summed E-state index contributed by atoms with van der Waals surface area (Å²) in [5.74, 6) is 0. The number of pyridine rings is 1. The Kier molecular flexibility index (Phi) is 7.80. The van der Waals surface area contributed by atoms with Crippen LogP contribution in [0.4, 0.5) is 0 Å². The zero-order chi connectivity index (χ0) is 25.3. The zero-order valence-corrected chi connectivity index (χ0v) is 20.9. The van der Waals surface area contributed by atoms with E-state index in [1.165, 1.54) is 33.4 Å². The Bertz CT molecular complexity index is 1370. The molecular weight excluding hydrogens is 448 g/mol. The van der Waals surface area contributed by atoms with E-state index in [-0.39, 0.29) is 0 Å². The SMILES string of the molecule is NCC[n+]1c(/C=C/c2ccc(-c3ccccc3)cc2)cccc1/C=C/c1ccc(-c2ccccc2)cc1. The summed E-state index contributed by atoms with van der Waals surface area (Å²) < 4.78 is 2.27. The van der Waals surface area contributed by atoms with Gasteiger partial charge in [0.2, 0.25) is 11.4 Å². The standard InChI is InChI=1S/C35H31N2/c36-26-27-37-34(24-18-28-14-20-32(21-15-28)30-8-3-1-4-9-30)12-7-13-35(37)25-19-29-16-22-33(23-17-29)31-10-5-2-6-11-31/h1-25H,26-27,36H2/q+1/b24-18+,25-19+. The van der Waals surface area contributed by atoms with E-state index in [0.717, 1.165) is 17.9 Å². The maximum atomic E-state index is 5.99. The number of nitrogens with two attached hydrogens (primary N) is 1. The summed E-state index contributed by atoms with van der Waals surface area (Å²) in [6.45, 7) is 1.33. The van der Waals surface area contributed by atoms with Crippen LogP contribution in [0.3, 0.4) is 0 Å². The summed E-state index contributed by atoms with van der Waals surface area (Å²) in [7, 11) is 0. The Labute approximate surface area is 219 Å². The molecular formula is C35H31N2+. The third kappa shape index (κ3) is 6.19. The Hall–Kier alpha value is -4.53. The van der Waals surface area contributed by atoms with Crippen molar-refractivity contribution in [2.75, 3.05) is 6.54 Å². The number of benzene rings is 4. The average Bonchev–Trinajstić information content (AvgIpc) is 2.97. The van der Waals surface area contributed by atoms with Gasteiger partial charge in [-0.3, -0.25) is 0 Å². The fourth-order valence-corrected chi connectivity index (χ4v) is 4.45. The number of rotatable bonds is 8. The second-order valence-electron chi connectivity index (χ2n) is 8.96. The maximum absolute atomic E-state index is 5.99. The van der Waals surface area contributed by atoms with E-state index in [1.807, 2.05) is 12.1 Å². The Morgan fingerprint density at radius 1 is 0.432 bits per heavy atom. The van der Waals surface area contributed by atoms with Crippen molar-refractivity contribution in [2.24, 2.45) is 5.73 Å². The molecule has 0 unspecified atom stereocenters. The summed E-state index contributed by atoms with van der Waals surface area (Å²) in [6.07, 6.45) is 8.65. The van der Waals surface area contributed by atoms with E-state index in [0.29, 0.717) is 6.54 Å². The molecule has 2 nitrogen and oxygen atoms in total. The highest BCUT2D eigenvalue weighted by Gasteiger charge is 2.12. The summed E-state index contributed by atoms with van der Waals surface area (Å²) in [5.41, 5.74) is 15.5. The maximum Gasteiger partial charge on any atom is 0.205 e. The van der Waals surface area contributed by atoms with Crippen molar-refractivity contribution in [3.05, 3.63) is 150 Å². The van der Waals surface area contributed by atoms with Crippen molar-refractivity contribution >= 4 is 24.3 Å². The second-order valence-corrected chi connectivity index (χ2v) is 8.96. The minimum absolute atomic E-state index is 0.577. The molecule has 5 rings (SSSR count). The van der Waals surface area contributed by atoms with E-state index in [2.05, 4.69) is 144 Å². The molecule has 0 aliphatic carbocycles. The molecule has 2 heteroatoms. The molecule has 1 aromatic heterocycles. The van der Waals surface area contributed by atoms with Crippen LogP contribution in [-0.2, 0) is 6.54 Å². The van der Waals surface area contributed by atoms with E-state index < -0.39 is 0 Å². The third-order valence-electron chi connectivity index (χ3n) is 6.44. The first kappa shape index (κ1) is 24.2. The van der Waals surface area contributed by atoms with Crippen molar-refractivity contribution in [2.45, 2.75) is 6.54 Å². The normalized spacial score (nSPS) is 11.4. The minimum atomic E-state index is 0.577. The van der Waals surface area contributed by atoms with Gasteiger partial charge in [-0.15, -0.1) is 0 Å². The van der Waals surface area contributed by atoms with Crippen molar-refractivity contribution < 1.29 is 4.57 Å². The predicted molar refractivity (Wildman–Crippen MR) is 157 cm³/mol. The van der Waals surface area contributed by atoms with Crippen LogP contribution in [0.1, 0.15) is 22.5 Å². The average molecular weight is 480 g/mol. The monoisotopic (exact) mass is 479 g/mol. The molecule has 5 aromatic rings. The Morgan fingerprint density at radius 3 is 1.24 bits per heavy atom. The largest absolute Gasteiger partial charge is 0.325 e. The van der Waals surface area contributed by atoms with Gasteiger partial charge >= 0.3 is 0 Å². The smallest absolute Gasteiger partial charge is 0.205 e. The van der Waals surface area contributed by atoms with Gasteiger partial charge in [0.1, 0.15) is 0 Å². The van der Waals surface area contributed by atoms with Crippen molar-refractivity contribution in [3.63, 3.8) is 0 Å². The lowest BCUT2D eigenvalue weighted by molar-refractivity contribution is -0.697. The molecule has 0 saturated heterocycles. The molecule has 0 fully saturated rings. The van der Waals surface area contributed by atoms with Gasteiger partial charge in [-0.05, 0) is 51.6 Å². The van der Waals surface area contributed by atoms with Crippen LogP contribution < -0.4 is 10.3 Å². The van der Waals surface area contributed by atoms with E-state index in [9.17, 15) is 0 Å². The van der Waals surface area contributed by atoms with Gasteiger partial charge in [-0.2, -0.15) is 4.57 Å². The van der Waals surface area contributed by atoms with E-state index in [4.69, 9.17) is 5.73 Å². The van der Waals surface area contributed by atoms with E-state index in [1.54, 1.807) is 0 Å². The van der Waals surface area contributed by atoms with Crippen LogP contribution >= 0.6 is 0 Å². The molecule has 0 saturated carbocycles. The van der Waals surface area contributed by atoms with Crippen molar-refractivity contribution in [1.29, 1.82) is 0 Å². The fourth-order valence-electron chi connectivity index (χ4n) is 4.45. The van der Waals surface area contributed by atoms with Gasteiger partial charge in [0, 0.05) is 24.3 Å². The topological polar surface area (TPSA) is 29.9 Å². The molecule has 0 bridgehead atoms. The lowest BCUT2D eigenvalue weighted by Crippen LogP contribution is -2.43. The van der Waals surface area contributed by atoms with Crippen LogP contribution in [-0.4, -0.2) is 6.54 Å². The number of hydrogen-bond acceptors (Lipinski definition) is 1.